The number of aromatic nitrogens is 2. The molecule has 0 radical (unpaired) electrons. The molecule has 2 N–H and O–H groups in total. The first-order valence-electron chi connectivity index (χ1n) is 10.5. The van der Waals surface area contributed by atoms with Crippen LogP contribution in [-0.2, 0) is 13.0 Å². The normalized spacial score (nSPS) is 11.6. The van der Waals surface area contributed by atoms with Crippen LogP contribution in [0.2, 0.25) is 0 Å². The lowest BCUT2D eigenvalue weighted by Gasteiger charge is -2.11. The Kier molecular flexibility index (Phi) is 9.60. The first-order chi connectivity index (χ1) is 14.6. The van der Waals surface area contributed by atoms with E-state index < -0.39 is 0 Å². The number of aryl methyl sites for hydroxylation is 1. The van der Waals surface area contributed by atoms with E-state index in [1.54, 1.807) is 12.3 Å². The number of rotatable bonds is 9. The summed E-state index contributed by atoms with van der Waals surface area (Å²) in [6.45, 7) is 8.94. The minimum Gasteiger partial charge on any atom is -0.369 e. The van der Waals surface area contributed by atoms with E-state index in [1.165, 1.54) is 18.1 Å². The van der Waals surface area contributed by atoms with Gasteiger partial charge in [-0.15, -0.1) is 0 Å². The third-order valence-corrected chi connectivity index (χ3v) is 4.43. The van der Waals surface area contributed by atoms with Crippen LogP contribution in [-0.4, -0.2) is 16.5 Å². The summed E-state index contributed by atoms with van der Waals surface area (Å²) in [7, 11) is 0. The third-order valence-electron chi connectivity index (χ3n) is 4.43. The molecule has 158 valence electrons. The zero-order chi connectivity index (χ0) is 21.8. The number of nitrogens with zero attached hydrogens (tertiary/aromatic N) is 2. The van der Waals surface area contributed by atoms with Crippen molar-refractivity contribution in [1.29, 1.82) is 0 Å². The molecule has 0 amide bonds. The van der Waals surface area contributed by atoms with Crippen LogP contribution in [0.25, 0.3) is 0 Å². The molecule has 0 aliphatic carbocycles. The van der Waals surface area contributed by atoms with Crippen LogP contribution in [0.4, 0.5) is 16.2 Å². The average Bonchev–Trinajstić information content (AvgIpc) is 2.74. The van der Waals surface area contributed by atoms with E-state index in [-0.39, 0.29) is 5.83 Å². The monoisotopic (exact) mass is 406 g/mol. The van der Waals surface area contributed by atoms with Gasteiger partial charge >= 0.3 is 0 Å². The highest BCUT2D eigenvalue weighted by atomic mass is 19.1. The van der Waals surface area contributed by atoms with Crippen molar-refractivity contribution in [3.8, 4) is 11.8 Å². The maximum atomic E-state index is 13.7. The van der Waals surface area contributed by atoms with Crippen LogP contribution in [0.15, 0.2) is 54.0 Å². The van der Waals surface area contributed by atoms with E-state index in [9.17, 15) is 4.39 Å². The largest absolute Gasteiger partial charge is 0.369 e. The summed E-state index contributed by atoms with van der Waals surface area (Å²) in [4.78, 5) is 8.98. The van der Waals surface area contributed by atoms with E-state index in [0.717, 1.165) is 19.3 Å². The SMILES string of the molecule is CC/C=C\C(C#Cc1cnc(NCc2ccccc2CCC)nc1NCC)=C(/C)F. The van der Waals surface area contributed by atoms with Crippen molar-refractivity contribution < 1.29 is 4.39 Å². The van der Waals surface area contributed by atoms with Gasteiger partial charge < -0.3 is 10.6 Å². The highest BCUT2D eigenvalue weighted by molar-refractivity contribution is 5.57. The molecule has 0 fully saturated rings. The number of anilines is 2. The third kappa shape index (κ3) is 7.04. The second-order valence-corrected chi connectivity index (χ2v) is 6.87. The lowest BCUT2D eigenvalue weighted by atomic mass is 10.0. The molecular formula is C25H31FN4. The van der Waals surface area contributed by atoms with Crippen LogP contribution in [0.5, 0.6) is 0 Å². The van der Waals surface area contributed by atoms with Crippen LogP contribution in [0, 0.1) is 11.8 Å². The van der Waals surface area contributed by atoms with Crippen molar-refractivity contribution >= 4 is 11.8 Å². The van der Waals surface area contributed by atoms with Gasteiger partial charge in [-0.3, -0.25) is 0 Å². The van der Waals surface area contributed by atoms with Crippen molar-refractivity contribution in [2.45, 2.75) is 53.5 Å². The highest BCUT2D eigenvalue weighted by Gasteiger charge is 2.07. The Balaban J connectivity index is 2.23. The van der Waals surface area contributed by atoms with E-state index in [0.29, 0.717) is 36.0 Å². The molecule has 0 spiro atoms. The summed E-state index contributed by atoms with van der Waals surface area (Å²) in [5.41, 5.74) is 3.59. The molecule has 1 aromatic heterocycles. The Labute approximate surface area is 179 Å². The zero-order valence-electron chi connectivity index (χ0n) is 18.3. The van der Waals surface area contributed by atoms with Gasteiger partial charge in [0.1, 0.15) is 11.6 Å². The predicted molar refractivity (Wildman–Crippen MR) is 124 cm³/mol. The molecule has 0 bridgehead atoms. The number of allylic oxidation sites excluding steroid dienone is 4. The van der Waals surface area contributed by atoms with Crippen LogP contribution >= 0.6 is 0 Å². The quantitative estimate of drug-likeness (QED) is 0.394. The van der Waals surface area contributed by atoms with Gasteiger partial charge in [0.25, 0.3) is 0 Å². The maximum absolute atomic E-state index is 13.7. The zero-order valence-corrected chi connectivity index (χ0v) is 18.3. The standard InChI is InChI=1S/C25H31FN4/c1-5-8-12-20(19(4)26)15-16-23-18-29-25(30-24(23)27-7-3)28-17-22-14-10-9-13-21(22)11-6-2/h8-10,12-14,18H,5-7,11,17H2,1-4H3,(H2,27,28,29,30)/b12-8-,20-19-. The fourth-order valence-electron chi connectivity index (χ4n) is 2.89. The fourth-order valence-corrected chi connectivity index (χ4v) is 2.89. The van der Waals surface area contributed by atoms with E-state index >= 15 is 0 Å². The molecule has 0 atom stereocenters. The summed E-state index contributed by atoms with van der Waals surface area (Å²) in [5, 5.41) is 6.53. The van der Waals surface area contributed by atoms with Gasteiger partial charge in [0, 0.05) is 13.1 Å². The number of nitrogens with one attached hydrogen (secondary N) is 2. The summed E-state index contributed by atoms with van der Waals surface area (Å²) in [6, 6.07) is 8.40. The van der Waals surface area contributed by atoms with Crippen LogP contribution in [0.1, 0.15) is 57.2 Å². The van der Waals surface area contributed by atoms with Crippen molar-refractivity contribution in [2.24, 2.45) is 0 Å². The molecule has 0 aliphatic heterocycles. The van der Waals surface area contributed by atoms with E-state index in [2.05, 4.69) is 57.6 Å². The lowest BCUT2D eigenvalue weighted by Crippen LogP contribution is -2.09. The molecule has 0 saturated heterocycles. The summed E-state index contributed by atoms with van der Waals surface area (Å²) >= 11 is 0. The smallest absolute Gasteiger partial charge is 0.224 e. The average molecular weight is 407 g/mol. The number of hydrogen-bond acceptors (Lipinski definition) is 4. The first-order valence-corrected chi connectivity index (χ1v) is 10.5. The second kappa shape index (κ2) is 12.4. The van der Waals surface area contributed by atoms with Crippen molar-refractivity contribution in [3.05, 3.63) is 70.7 Å². The highest BCUT2D eigenvalue weighted by Crippen LogP contribution is 2.16. The predicted octanol–water partition coefficient (Wildman–Crippen LogP) is 6.03. The van der Waals surface area contributed by atoms with Gasteiger partial charge in [0.15, 0.2) is 0 Å². The minimum atomic E-state index is -0.304. The van der Waals surface area contributed by atoms with Crippen LogP contribution in [0.3, 0.4) is 0 Å². The van der Waals surface area contributed by atoms with Gasteiger partial charge in [-0.05, 0) is 43.9 Å². The Morgan fingerprint density at radius 1 is 1.13 bits per heavy atom. The molecule has 0 unspecified atom stereocenters. The van der Waals surface area contributed by atoms with Crippen molar-refractivity contribution in [2.75, 3.05) is 17.2 Å². The molecule has 5 heteroatoms. The Hall–Kier alpha value is -3.13. The van der Waals surface area contributed by atoms with Crippen molar-refractivity contribution in [3.63, 3.8) is 0 Å². The molecule has 1 heterocycles. The Bertz CT molecular complexity index is 947. The van der Waals surface area contributed by atoms with E-state index in [1.807, 2.05) is 26.0 Å². The Morgan fingerprint density at radius 2 is 1.90 bits per heavy atom. The molecular weight excluding hydrogens is 375 g/mol. The molecule has 1 aromatic carbocycles. The molecule has 0 saturated carbocycles. The fraction of sp³-hybridized carbons (Fsp3) is 0.360. The van der Waals surface area contributed by atoms with Gasteiger partial charge in [0.05, 0.1) is 17.3 Å². The molecule has 2 rings (SSSR count). The summed E-state index contributed by atoms with van der Waals surface area (Å²) < 4.78 is 13.7. The molecule has 4 nitrogen and oxygen atoms in total. The molecule has 2 aromatic rings. The summed E-state index contributed by atoms with van der Waals surface area (Å²) in [5.74, 6) is 6.76. The topological polar surface area (TPSA) is 49.8 Å². The maximum Gasteiger partial charge on any atom is 0.224 e. The molecule has 0 aliphatic rings. The lowest BCUT2D eigenvalue weighted by molar-refractivity contribution is 0.635. The van der Waals surface area contributed by atoms with Gasteiger partial charge in [-0.2, -0.15) is 4.98 Å². The Morgan fingerprint density at radius 3 is 2.57 bits per heavy atom. The molecule has 30 heavy (non-hydrogen) atoms. The van der Waals surface area contributed by atoms with E-state index in [4.69, 9.17) is 0 Å². The first kappa shape index (κ1) is 23.2. The minimum absolute atomic E-state index is 0.304. The van der Waals surface area contributed by atoms with Gasteiger partial charge in [0.2, 0.25) is 5.95 Å². The van der Waals surface area contributed by atoms with Crippen molar-refractivity contribution in [1.82, 2.24) is 9.97 Å². The van der Waals surface area contributed by atoms with Gasteiger partial charge in [-0.1, -0.05) is 62.5 Å². The number of hydrogen-bond donors (Lipinski definition) is 2. The van der Waals surface area contributed by atoms with Crippen LogP contribution < -0.4 is 10.6 Å². The summed E-state index contributed by atoms with van der Waals surface area (Å²) in [6.07, 6.45) is 8.25. The number of benzene rings is 1. The second-order valence-electron chi connectivity index (χ2n) is 6.87. The van der Waals surface area contributed by atoms with Gasteiger partial charge in [-0.25, -0.2) is 9.37 Å². The number of halogens is 1.